The quantitative estimate of drug-likeness (QED) is 0.528. The third-order valence-corrected chi connectivity index (χ3v) is 1.87. The molecule has 0 aliphatic heterocycles. The van der Waals surface area contributed by atoms with Crippen molar-refractivity contribution in [3.63, 3.8) is 0 Å². The van der Waals surface area contributed by atoms with Crippen LogP contribution in [0.5, 0.6) is 0 Å². The number of carbonyl (C=O) groups is 1. The number of fused-ring (bicyclic) bond motifs is 1. The van der Waals surface area contributed by atoms with Crippen LogP contribution in [0, 0.1) is 0 Å². The van der Waals surface area contributed by atoms with E-state index in [0.29, 0.717) is 5.58 Å². The first-order chi connectivity index (χ1) is 6.81. The van der Waals surface area contributed by atoms with Gasteiger partial charge in [0, 0.05) is 5.39 Å². The normalized spacial score (nSPS) is 9.71. The molecule has 3 nitrogen and oxygen atoms in total. The van der Waals surface area contributed by atoms with Gasteiger partial charge < -0.3 is 4.42 Å². The van der Waals surface area contributed by atoms with Crippen molar-refractivity contribution in [3.8, 4) is 0 Å². The number of carbonyl (C=O) groups excluding carboxylic acids is 1. The molecule has 2 aromatic rings. The van der Waals surface area contributed by atoms with Gasteiger partial charge in [0.2, 0.25) is 0 Å². The minimum absolute atomic E-state index is 0.184. The van der Waals surface area contributed by atoms with E-state index in [1.807, 2.05) is 23.4 Å². The highest BCUT2D eigenvalue weighted by Crippen LogP contribution is 2.18. The molecule has 14 heavy (non-hydrogen) atoms. The molecule has 0 spiro atoms. The fourth-order valence-corrected chi connectivity index (χ4v) is 1.27. The minimum atomic E-state index is -0.504. The summed E-state index contributed by atoms with van der Waals surface area (Å²) >= 11 is 4.33. The fourth-order valence-electron chi connectivity index (χ4n) is 1.18. The Morgan fingerprint density at radius 1 is 1.43 bits per heavy atom. The van der Waals surface area contributed by atoms with Gasteiger partial charge in [0.1, 0.15) is 5.58 Å². The van der Waals surface area contributed by atoms with Crippen molar-refractivity contribution in [2.75, 3.05) is 0 Å². The van der Waals surface area contributed by atoms with Gasteiger partial charge in [0.15, 0.2) is 5.76 Å². The number of isothiocyanates is 1. The van der Waals surface area contributed by atoms with Crippen molar-refractivity contribution in [2.45, 2.75) is 0 Å². The number of nitrogens with zero attached hydrogens (tertiary/aromatic N) is 1. The predicted molar refractivity (Wildman–Crippen MR) is 55.6 cm³/mol. The van der Waals surface area contributed by atoms with Crippen LogP contribution < -0.4 is 0 Å². The summed E-state index contributed by atoms with van der Waals surface area (Å²) in [5, 5.41) is 2.88. The molecule has 0 fully saturated rings. The largest absolute Gasteiger partial charge is 0.451 e. The third-order valence-electron chi connectivity index (χ3n) is 1.78. The number of para-hydroxylation sites is 1. The molecule has 0 N–H and O–H groups in total. The van der Waals surface area contributed by atoms with Gasteiger partial charge in [-0.1, -0.05) is 18.2 Å². The molecular formula is C10H5NO2S. The second-order valence-corrected chi connectivity index (χ2v) is 2.84. The number of hydrogen-bond donors (Lipinski definition) is 0. The Kier molecular flexibility index (Phi) is 2.23. The molecule has 0 aliphatic carbocycles. The van der Waals surface area contributed by atoms with Crippen molar-refractivity contribution in [1.82, 2.24) is 0 Å². The maximum Gasteiger partial charge on any atom is 0.321 e. The first kappa shape index (κ1) is 8.81. The van der Waals surface area contributed by atoms with Crippen LogP contribution in [0.4, 0.5) is 0 Å². The Hall–Kier alpha value is -1.77. The zero-order chi connectivity index (χ0) is 9.97. The average molecular weight is 203 g/mol. The van der Waals surface area contributed by atoms with Crippen LogP contribution in [0.1, 0.15) is 10.6 Å². The van der Waals surface area contributed by atoms with Gasteiger partial charge in [-0.2, -0.15) is 0 Å². The first-order valence-corrected chi connectivity index (χ1v) is 4.33. The smallest absolute Gasteiger partial charge is 0.321 e. The van der Waals surface area contributed by atoms with Crippen LogP contribution in [0.3, 0.4) is 0 Å². The zero-order valence-electron chi connectivity index (χ0n) is 7.06. The van der Waals surface area contributed by atoms with E-state index in [4.69, 9.17) is 4.42 Å². The standard InChI is InChI=1S/C10H5NO2S/c12-10(11-6-14)9-5-7-3-1-2-4-8(7)13-9/h1-5H. The lowest BCUT2D eigenvalue weighted by Gasteiger charge is -1.83. The number of aliphatic imine (C=N–C) groups is 1. The highest BCUT2D eigenvalue weighted by atomic mass is 32.1. The highest BCUT2D eigenvalue weighted by molar-refractivity contribution is 7.78. The molecule has 68 valence electrons. The van der Waals surface area contributed by atoms with Crippen LogP contribution >= 0.6 is 12.2 Å². The fraction of sp³-hybridized carbons (Fsp3) is 0. The van der Waals surface area contributed by atoms with Crippen LogP contribution in [0.15, 0.2) is 39.7 Å². The van der Waals surface area contributed by atoms with Gasteiger partial charge >= 0.3 is 5.91 Å². The zero-order valence-corrected chi connectivity index (χ0v) is 7.88. The molecule has 0 saturated carbocycles. The van der Waals surface area contributed by atoms with E-state index in [0.717, 1.165) is 5.39 Å². The molecule has 1 heterocycles. The Balaban J connectivity index is 2.55. The number of furan rings is 1. The molecule has 0 aliphatic rings. The van der Waals surface area contributed by atoms with Crippen molar-refractivity contribution in [2.24, 2.45) is 4.99 Å². The summed E-state index contributed by atoms with van der Waals surface area (Å²) in [6, 6.07) is 8.98. The van der Waals surface area contributed by atoms with E-state index in [9.17, 15) is 4.79 Å². The Morgan fingerprint density at radius 2 is 2.21 bits per heavy atom. The molecule has 1 aromatic heterocycles. The van der Waals surface area contributed by atoms with Crippen LogP contribution in [0.25, 0.3) is 11.0 Å². The lowest BCUT2D eigenvalue weighted by molar-refractivity contribution is 0.0979. The molecule has 0 radical (unpaired) electrons. The van der Waals surface area contributed by atoms with Crippen LogP contribution in [-0.2, 0) is 0 Å². The molecule has 1 amide bonds. The maximum absolute atomic E-state index is 11.2. The Bertz CT molecular complexity index is 505. The topological polar surface area (TPSA) is 42.6 Å². The predicted octanol–water partition coefficient (Wildman–Crippen LogP) is 2.68. The molecule has 2 rings (SSSR count). The Morgan fingerprint density at radius 3 is 2.93 bits per heavy atom. The summed E-state index contributed by atoms with van der Waals surface area (Å²) in [6.07, 6.45) is 0. The summed E-state index contributed by atoms with van der Waals surface area (Å²) in [4.78, 5) is 14.5. The van der Waals surface area contributed by atoms with Gasteiger partial charge in [-0.15, -0.1) is 4.99 Å². The van der Waals surface area contributed by atoms with Crippen LogP contribution in [0.2, 0.25) is 0 Å². The molecule has 0 unspecified atom stereocenters. The van der Waals surface area contributed by atoms with Gasteiger partial charge in [-0.05, 0) is 24.4 Å². The van der Waals surface area contributed by atoms with Crippen molar-refractivity contribution in [3.05, 3.63) is 36.1 Å². The maximum atomic E-state index is 11.2. The summed E-state index contributed by atoms with van der Waals surface area (Å²) < 4.78 is 5.25. The average Bonchev–Trinajstić information content (AvgIpc) is 2.61. The first-order valence-electron chi connectivity index (χ1n) is 3.92. The van der Waals surface area contributed by atoms with Crippen molar-refractivity contribution >= 4 is 34.3 Å². The molecule has 0 saturated heterocycles. The minimum Gasteiger partial charge on any atom is -0.451 e. The Labute approximate surface area is 85.1 Å². The molecule has 1 aromatic carbocycles. The van der Waals surface area contributed by atoms with Gasteiger partial charge in [0.25, 0.3) is 0 Å². The monoisotopic (exact) mass is 203 g/mol. The lowest BCUT2D eigenvalue weighted by atomic mass is 10.2. The lowest BCUT2D eigenvalue weighted by Crippen LogP contribution is -1.89. The van der Waals surface area contributed by atoms with E-state index >= 15 is 0 Å². The van der Waals surface area contributed by atoms with E-state index in [-0.39, 0.29) is 5.76 Å². The number of benzene rings is 1. The van der Waals surface area contributed by atoms with E-state index < -0.39 is 5.91 Å². The van der Waals surface area contributed by atoms with Crippen molar-refractivity contribution in [1.29, 1.82) is 0 Å². The van der Waals surface area contributed by atoms with E-state index in [1.165, 1.54) is 0 Å². The van der Waals surface area contributed by atoms with E-state index in [1.54, 1.807) is 12.1 Å². The second kappa shape index (κ2) is 3.54. The number of rotatable bonds is 1. The van der Waals surface area contributed by atoms with Gasteiger partial charge in [0.05, 0.1) is 5.16 Å². The van der Waals surface area contributed by atoms with Gasteiger partial charge in [-0.3, -0.25) is 4.79 Å². The SMILES string of the molecule is O=C(N=C=S)c1cc2ccccc2o1. The van der Waals surface area contributed by atoms with E-state index in [2.05, 4.69) is 17.2 Å². The summed E-state index contributed by atoms with van der Waals surface area (Å²) in [6.45, 7) is 0. The molecular weight excluding hydrogens is 198 g/mol. The molecule has 0 bridgehead atoms. The molecule has 4 heteroatoms. The number of amides is 1. The highest BCUT2D eigenvalue weighted by Gasteiger charge is 2.09. The number of hydrogen-bond acceptors (Lipinski definition) is 3. The summed E-state index contributed by atoms with van der Waals surface area (Å²) in [5.74, 6) is -0.320. The third kappa shape index (κ3) is 1.48. The summed E-state index contributed by atoms with van der Waals surface area (Å²) in [5.41, 5.74) is 0.662. The second-order valence-electron chi connectivity index (χ2n) is 2.66. The summed E-state index contributed by atoms with van der Waals surface area (Å²) in [7, 11) is 0. The van der Waals surface area contributed by atoms with Gasteiger partial charge in [-0.25, -0.2) is 0 Å². The van der Waals surface area contributed by atoms with Crippen LogP contribution in [-0.4, -0.2) is 11.1 Å². The number of thiocarbonyl (C=S) groups is 1. The van der Waals surface area contributed by atoms with Crippen molar-refractivity contribution < 1.29 is 9.21 Å². The molecule has 0 atom stereocenters.